The number of benzene rings is 3. The van der Waals surface area contributed by atoms with E-state index in [-0.39, 0.29) is 12.5 Å². The van der Waals surface area contributed by atoms with Crippen LogP contribution >= 0.6 is 0 Å². The van der Waals surface area contributed by atoms with Crippen molar-refractivity contribution >= 4 is 11.9 Å². The maximum atomic E-state index is 13.3. The van der Waals surface area contributed by atoms with E-state index in [0.29, 0.717) is 30.3 Å². The Morgan fingerprint density at radius 1 is 0.875 bits per heavy atom. The van der Waals surface area contributed by atoms with Gasteiger partial charge in [0.2, 0.25) is 0 Å². The quantitative estimate of drug-likeness (QED) is 0.622. The summed E-state index contributed by atoms with van der Waals surface area (Å²) in [6.45, 7) is 3.08. The highest BCUT2D eigenvalue weighted by Crippen LogP contribution is 2.37. The van der Waals surface area contributed by atoms with Crippen LogP contribution in [0.25, 0.3) is 11.1 Å². The second-order valence-corrected chi connectivity index (χ2v) is 8.22. The first kappa shape index (κ1) is 20.1. The van der Waals surface area contributed by atoms with Crippen LogP contribution in [0.2, 0.25) is 0 Å². The van der Waals surface area contributed by atoms with Crippen LogP contribution in [0.4, 0.5) is 4.79 Å². The zero-order valence-corrected chi connectivity index (χ0v) is 17.8. The second kappa shape index (κ2) is 8.04. The van der Waals surface area contributed by atoms with Crippen LogP contribution in [0, 0.1) is 0 Å². The maximum Gasteiger partial charge on any atom is 0.325 e. The summed E-state index contributed by atoms with van der Waals surface area (Å²) in [4.78, 5) is 27.4. The van der Waals surface area contributed by atoms with E-state index in [0.717, 1.165) is 23.1 Å². The van der Waals surface area contributed by atoms with Crippen LogP contribution in [-0.2, 0) is 16.9 Å². The van der Waals surface area contributed by atoms with Gasteiger partial charge in [-0.25, -0.2) is 4.79 Å². The molecule has 1 fully saturated rings. The summed E-state index contributed by atoms with van der Waals surface area (Å²) in [5, 5.41) is 2.87. The first-order valence-corrected chi connectivity index (χ1v) is 10.7. The smallest absolute Gasteiger partial charge is 0.325 e. The summed E-state index contributed by atoms with van der Waals surface area (Å²) in [6, 6.07) is 23.0. The average Bonchev–Trinajstić information content (AvgIpc) is 2.98. The first-order valence-electron chi connectivity index (χ1n) is 10.7. The van der Waals surface area contributed by atoms with E-state index in [2.05, 4.69) is 5.32 Å². The molecule has 3 amide bonds. The number of nitrogens with one attached hydrogen (secondary N) is 1. The molecule has 2 aliphatic heterocycles. The SMILES string of the molecule is C[C@]1(c2ccc3c(c2)OCCCO3)NC(=O)N(Cc2ccc(-c3ccccc3)cc2)C1=O. The molecule has 6 nitrogen and oxygen atoms in total. The van der Waals surface area contributed by atoms with Crippen molar-refractivity contribution in [2.75, 3.05) is 13.2 Å². The average molecular weight is 428 g/mol. The molecule has 32 heavy (non-hydrogen) atoms. The van der Waals surface area contributed by atoms with Gasteiger partial charge in [-0.05, 0) is 41.3 Å². The summed E-state index contributed by atoms with van der Waals surface area (Å²) in [5.74, 6) is 0.962. The van der Waals surface area contributed by atoms with Gasteiger partial charge in [-0.1, -0.05) is 60.7 Å². The number of hydrogen-bond donors (Lipinski definition) is 1. The summed E-state index contributed by atoms with van der Waals surface area (Å²) in [6.07, 6.45) is 0.799. The van der Waals surface area contributed by atoms with Gasteiger partial charge in [0, 0.05) is 6.42 Å². The predicted octanol–water partition coefficient (Wildman–Crippen LogP) is 4.48. The van der Waals surface area contributed by atoms with Gasteiger partial charge in [0.1, 0.15) is 5.54 Å². The van der Waals surface area contributed by atoms with Crippen LogP contribution in [0.5, 0.6) is 11.5 Å². The minimum absolute atomic E-state index is 0.208. The Morgan fingerprint density at radius 3 is 2.31 bits per heavy atom. The lowest BCUT2D eigenvalue weighted by Crippen LogP contribution is -2.40. The van der Waals surface area contributed by atoms with Gasteiger partial charge in [0.05, 0.1) is 19.8 Å². The van der Waals surface area contributed by atoms with Crippen LogP contribution in [0.15, 0.2) is 72.8 Å². The van der Waals surface area contributed by atoms with Crippen LogP contribution in [-0.4, -0.2) is 30.1 Å². The molecule has 162 valence electrons. The monoisotopic (exact) mass is 428 g/mol. The van der Waals surface area contributed by atoms with E-state index in [4.69, 9.17) is 9.47 Å². The zero-order chi connectivity index (χ0) is 22.1. The van der Waals surface area contributed by atoms with Gasteiger partial charge < -0.3 is 14.8 Å². The molecule has 1 saturated heterocycles. The molecule has 3 aromatic carbocycles. The number of amides is 3. The number of carbonyl (C=O) groups is 2. The third-order valence-corrected chi connectivity index (χ3v) is 6.00. The van der Waals surface area contributed by atoms with E-state index >= 15 is 0 Å². The molecule has 0 bridgehead atoms. The molecule has 0 aromatic heterocycles. The molecule has 1 atom stereocenters. The number of ether oxygens (including phenoxy) is 2. The number of carbonyl (C=O) groups excluding carboxylic acids is 2. The van der Waals surface area contributed by atoms with Crippen molar-refractivity contribution in [3.05, 3.63) is 83.9 Å². The van der Waals surface area contributed by atoms with Crippen molar-refractivity contribution in [3.8, 4) is 22.6 Å². The number of fused-ring (bicyclic) bond motifs is 1. The molecule has 6 heteroatoms. The maximum absolute atomic E-state index is 13.3. The molecule has 5 rings (SSSR count). The molecule has 1 N–H and O–H groups in total. The van der Waals surface area contributed by atoms with Crippen LogP contribution in [0.3, 0.4) is 0 Å². The Labute approximate surface area is 186 Å². The van der Waals surface area contributed by atoms with E-state index in [1.807, 2.05) is 60.7 Å². The first-order chi connectivity index (χ1) is 15.5. The minimum Gasteiger partial charge on any atom is -0.490 e. The fourth-order valence-electron chi connectivity index (χ4n) is 4.13. The van der Waals surface area contributed by atoms with Crippen LogP contribution in [0.1, 0.15) is 24.5 Å². The topological polar surface area (TPSA) is 67.9 Å². The summed E-state index contributed by atoms with van der Waals surface area (Å²) in [7, 11) is 0. The highest BCUT2D eigenvalue weighted by atomic mass is 16.5. The molecule has 2 heterocycles. The van der Waals surface area contributed by atoms with E-state index in [1.165, 1.54) is 4.90 Å². The highest BCUT2D eigenvalue weighted by molar-refractivity contribution is 6.07. The molecule has 2 aliphatic rings. The van der Waals surface area contributed by atoms with Crippen molar-refractivity contribution < 1.29 is 19.1 Å². The lowest BCUT2D eigenvalue weighted by Gasteiger charge is -2.23. The molecular weight excluding hydrogens is 404 g/mol. The van der Waals surface area contributed by atoms with Crippen molar-refractivity contribution in [1.82, 2.24) is 10.2 Å². The lowest BCUT2D eigenvalue weighted by molar-refractivity contribution is -0.131. The van der Waals surface area contributed by atoms with Gasteiger partial charge in [-0.2, -0.15) is 0 Å². The van der Waals surface area contributed by atoms with Crippen molar-refractivity contribution in [2.24, 2.45) is 0 Å². The molecule has 3 aromatic rings. The number of hydrogen-bond acceptors (Lipinski definition) is 4. The second-order valence-electron chi connectivity index (χ2n) is 8.22. The number of urea groups is 1. The Bertz CT molecular complexity index is 1160. The molecule has 0 saturated carbocycles. The van der Waals surface area contributed by atoms with Crippen LogP contribution < -0.4 is 14.8 Å². The Hall–Kier alpha value is -3.80. The fourth-order valence-corrected chi connectivity index (χ4v) is 4.13. The predicted molar refractivity (Wildman–Crippen MR) is 120 cm³/mol. The third kappa shape index (κ3) is 3.58. The Kier molecular flexibility index (Phi) is 5.05. The van der Waals surface area contributed by atoms with Crippen molar-refractivity contribution in [3.63, 3.8) is 0 Å². The zero-order valence-electron chi connectivity index (χ0n) is 17.8. The molecule has 0 radical (unpaired) electrons. The van der Waals surface area contributed by atoms with Gasteiger partial charge >= 0.3 is 6.03 Å². The largest absolute Gasteiger partial charge is 0.490 e. The van der Waals surface area contributed by atoms with Gasteiger partial charge in [0.25, 0.3) is 5.91 Å². The van der Waals surface area contributed by atoms with E-state index in [9.17, 15) is 9.59 Å². The van der Waals surface area contributed by atoms with E-state index in [1.54, 1.807) is 19.1 Å². The van der Waals surface area contributed by atoms with Crippen molar-refractivity contribution in [1.29, 1.82) is 0 Å². The minimum atomic E-state index is -1.16. The van der Waals surface area contributed by atoms with Gasteiger partial charge in [0.15, 0.2) is 11.5 Å². The summed E-state index contributed by atoms with van der Waals surface area (Å²) < 4.78 is 11.4. The normalized spacial score (nSPS) is 20.1. The Morgan fingerprint density at radius 2 is 1.56 bits per heavy atom. The lowest BCUT2D eigenvalue weighted by atomic mass is 9.91. The molecule has 0 aliphatic carbocycles. The number of rotatable bonds is 4. The molecule has 0 unspecified atom stereocenters. The molecular formula is C26H24N2O4. The van der Waals surface area contributed by atoms with Gasteiger partial charge in [-0.15, -0.1) is 0 Å². The van der Waals surface area contributed by atoms with Gasteiger partial charge in [-0.3, -0.25) is 9.69 Å². The Balaban J connectivity index is 1.36. The fraction of sp³-hybridized carbons (Fsp3) is 0.231. The third-order valence-electron chi connectivity index (χ3n) is 6.00. The number of nitrogens with zero attached hydrogens (tertiary/aromatic N) is 1. The summed E-state index contributed by atoms with van der Waals surface area (Å²) >= 11 is 0. The highest BCUT2D eigenvalue weighted by Gasteiger charge is 2.49. The van der Waals surface area contributed by atoms with E-state index < -0.39 is 11.6 Å². The molecule has 0 spiro atoms. The summed E-state index contributed by atoms with van der Waals surface area (Å²) in [5.41, 5.74) is 2.60. The number of imide groups is 1. The standard InChI is InChI=1S/C26H24N2O4/c1-26(21-12-13-22-23(16-21)32-15-5-14-31-22)24(29)28(25(30)27-26)17-18-8-10-20(11-9-18)19-6-3-2-4-7-19/h2-4,6-13,16H,5,14-15,17H2,1H3,(H,27,30)/t26-/m1/s1. The van der Waals surface area contributed by atoms with Crippen molar-refractivity contribution in [2.45, 2.75) is 25.4 Å².